The van der Waals surface area contributed by atoms with Gasteiger partial charge in [0, 0.05) is 18.7 Å². The van der Waals surface area contributed by atoms with Crippen LogP contribution in [0, 0.1) is 5.92 Å². The number of aliphatic hydroxyl groups is 1. The molecule has 1 fully saturated rings. The van der Waals surface area contributed by atoms with Gasteiger partial charge < -0.3 is 10.4 Å². The number of aliphatic hydroxyl groups excluding tert-OH is 1. The lowest BCUT2D eigenvalue weighted by Gasteiger charge is -2.25. The van der Waals surface area contributed by atoms with Gasteiger partial charge in [-0.25, -0.2) is 4.68 Å². The molecule has 0 saturated heterocycles. The number of H-pyrrole nitrogens is 1. The molecule has 0 aliphatic heterocycles. The summed E-state index contributed by atoms with van der Waals surface area (Å²) in [6.45, 7) is 0.349. The van der Waals surface area contributed by atoms with Crippen molar-refractivity contribution < 1.29 is 9.90 Å². The van der Waals surface area contributed by atoms with Crippen LogP contribution in [0.1, 0.15) is 25.7 Å². The Morgan fingerprint density at radius 2 is 2.00 bits per heavy atom. The van der Waals surface area contributed by atoms with E-state index in [4.69, 9.17) is 0 Å². The number of hydrogen-bond acceptors (Lipinski definition) is 4. The Hall–Kier alpha value is -1.89. The van der Waals surface area contributed by atoms with Crippen LogP contribution in [0.3, 0.4) is 0 Å². The molecule has 1 heterocycles. The average Bonchev–Trinajstić information content (AvgIpc) is 2.42. The maximum atomic E-state index is 11.7. The highest BCUT2D eigenvalue weighted by molar-refractivity contribution is 5.75. The van der Waals surface area contributed by atoms with Crippen LogP contribution >= 0.6 is 0 Å². The van der Waals surface area contributed by atoms with E-state index < -0.39 is 11.1 Å². The van der Waals surface area contributed by atoms with Gasteiger partial charge in [-0.05, 0) is 31.6 Å². The molecule has 0 unspecified atom stereocenters. The monoisotopic (exact) mass is 281 g/mol. The molecule has 20 heavy (non-hydrogen) atoms. The summed E-state index contributed by atoms with van der Waals surface area (Å²) < 4.78 is 0.988. The highest BCUT2D eigenvalue weighted by Gasteiger charge is 2.19. The van der Waals surface area contributed by atoms with Crippen molar-refractivity contribution in [2.75, 3.05) is 6.54 Å². The number of amides is 1. The van der Waals surface area contributed by atoms with E-state index in [0.29, 0.717) is 12.5 Å². The van der Waals surface area contributed by atoms with Gasteiger partial charge in [-0.2, -0.15) is 0 Å². The Balaban J connectivity index is 1.82. The number of hydrogen-bond donors (Lipinski definition) is 3. The molecule has 0 spiro atoms. The van der Waals surface area contributed by atoms with Gasteiger partial charge in [0.1, 0.15) is 6.54 Å². The SMILES string of the molecule is O=C(Cn1[nH]c(=O)ccc1=O)NCC1CCC(O)CC1. The number of carbonyl (C=O) groups is 1. The molecule has 0 radical (unpaired) electrons. The van der Waals surface area contributed by atoms with E-state index in [1.165, 1.54) is 0 Å². The summed E-state index contributed by atoms with van der Waals surface area (Å²) >= 11 is 0. The number of rotatable bonds is 4. The first-order chi connectivity index (χ1) is 9.54. The molecular formula is C13H19N3O4. The second kappa shape index (κ2) is 6.51. The molecule has 1 saturated carbocycles. The third kappa shape index (κ3) is 4.06. The van der Waals surface area contributed by atoms with Crippen LogP contribution in [0.25, 0.3) is 0 Å². The second-order valence-corrected chi connectivity index (χ2v) is 5.21. The Kier molecular flexibility index (Phi) is 4.73. The lowest BCUT2D eigenvalue weighted by Crippen LogP contribution is -2.38. The third-order valence-corrected chi connectivity index (χ3v) is 3.59. The summed E-state index contributed by atoms with van der Waals surface area (Å²) in [5.41, 5.74) is -0.834. The van der Waals surface area contributed by atoms with Gasteiger partial charge >= 0.3 is 0 Å². The highest BCUT2D eigenvalue weighted by atomic mass is 16.3. The summed E-state index contributed by atoms with van der Waals surface area (Å²) in [4.78, 5) is 34.3. The zero-order valence-corrected chi connectivity index (χ0v) is 11.2. The van der Waals surface area contributed by atoms with Crippen LogP contribution in [0.5, 0.6) is 0 Å². The van der Waals surface area contributed by atoms with Gasteiger partial charge in [0.15, 0.2) is 0 Å². The molecule has 0 aromatic carbocycles. The molecule has 1 aromatic heterocycles. The minimum Gasteiger partial charge on any atom is -0.393 e. The molecule has 2 rings (SSSR count). The maximum absolute atomic E-state index is 11.7. The molecule has 1 aliphatic rings. The Bertz CT molecular complexity index is 569. The zero-order chi connectivity index (χ0) is 14.5. The minimum atomic E-state index is -0.418. The predicted molar refractivity (Wildman–Crippen MR) is 72.3 cm³/mol. The molecule has 1 aliphatic carbocycles. The highest BCUT2D eigenvalue weighted by Crippen LogP contribution is 2.23. The number of carbonyl (C=O) groups excluding carboxylic acids is 1. The van der Waals surface area contributed by atoms with Crippen LogP contribution < -0.4 is 16.4 Å². The lowest BCUT2D eigenvalue weighted by atomic mass is 9.87. The predicted octanol–water partition coefficient (Wildman–Crippen LogP) is -0.796. The van der Waals surface area contributed by atoms with Crippen molar-refractivity contribution in [3.63, 3.8) is 0 Å². The molecular weight excluding hydrogens is 262 g/mol. The zero-order valence-electron chi connectivity index (χ0n) is 11.2. The molecule has 0 bridgehead atoms. The molecule has 3 N–H and O–H groups in total. The van der Waals surface area contributed by atoms with E-state index in [2.05, 4.69) is 10.4 Å². The van der Waals surface area contributed by atoms with Gasteiger partial charge in [-0.1, -0.05) is 0 Å². The van der Waals surface area contributed by atoms with E-state index in [-0.39, 0.29) is 18.6 Å². The second-order valence-electron chi connectivity index (χ2n) is 5.21. The number of aromatic amines is 1. The number of nitrogens with one attached hydrogen (secondary N) is 2. The standard InChI is InChI=1S/C13H19N3O4/c17-10-3-1-9(2-4-10)7-14-12(19)8-16-13(20)6-5-11(18)15-16/h5-6,9-10,17H,1-4,7-8H2,(H,14,19)(H,15,18). The van der Waals surface area contributed by atoms with Crippen molar-refractivity contribution in [3.05, 3.63) is 32.8 Å². The summed E-state index contributed by atoms with van der Waals surface area (Å²) in [5.74, 6) is 0.0639. The van der Waals surface area contributed by atoms with E-state index in [0.717, 1.165) is 42.5 Å². The first-order valence-corrected chi connectivity index (χ1v) is 6.79. The van der Waals surface area contributed by atoms with Crippen molar-refractivity contribution in [1.29, 1.82) is 0 Å². The molecule has 0 atom stereocenters. The number of nitrogens with zero attached hydrogens (tertiary/aromatic N) is 1. The van der Waals surface area contributed by atoms with Crippen LogP contribution in [-0.2, 0) is 11.3 Å². The van der Waals surface area contributed by atoms with Crippen LogP contribution in [0.15, 0.2) is 21.7 Å². The molecule has 1 aromatic rings. The topological polar surface area (TPSA) is 104 Å². The van der Waals surface area contributed by atoms with Gasteiger partial charge in [0.05, 0.1) is 6.10 Å². The van der Waals surface area contributed by atoms with Gasteiger partial charge in [0.2, 0.25) is 5.91 Å². The molecule has 7 nitrogen and oxygen atoms in total. The van der Waals surface area contributed by atoms with Crippen molar-refractivity contribution in [2.45, 2.75) is 38.3 Å². The van der Waals surface area contributed by atoms with Crippen molar-refractivity contribution in [1.82, 2.24) is 15.1 Å². The maximum Gasteiger partial charge on any atom is 0.265 e. The summed E-state index contributed by atoms with van der Waals surface area (Å²) in [5, 5.41) is 14.5. The van der Waals surface area contributed by atoms with Crippen LogP contribution in [-0.4, -0.2) is 33.4 Å². The van der Waals surface area contributed by atoms with E-state index in [1.54, 1.807) is 0 Å². The first-order valence-electron chi connectivity index (χ1n) is 6.79. The fourth-order valence-corrected chi connectivity index (χ4v) is 2.39. The summed E-state index contributed by atoms with van der Waals surface area (Å²) in [6.07, 6.45) is 3.11. The summed E-state index contributed by atoms with van der Waals surface area (Å²) in [6, 6.07) is 2.26. The van der Waals surface area contributed by atoms with Gasteiger partial charge in [0.25, 0.3) is 11.1 Å². The fraction of sp³-hybridized carbons (Fsp3) is 0.615. The summed E-state index contributed by atoms with van der Waals surface area (Å²) in [7, 11) is 0. The van der Waals surface area contributed by atoms with E-state index in [1.807, 2.05) is 0 Å². The quantitative estimate of drug-likeness (QED) is 0.672. The minimum absolute atomic E-state index is 0.190. The van der Waals surface area contributed by atoms with E-state index in [9.17, 15) is 19.5 Å². The van der Waals surface area contributed by atoms with Crippen molar-refractivity contribution in [2.24, 2.45) is 5.92 Å². The Morgan fingerprint density at radius 3 is 2.70 bits per heavy atom. The molecule has 1 amide bonds. The third-order valence-electron chi connectivity index (χ3n) is 3.59. The van der Waals surface area contributed by atoms with Gasteiger partial charge in [-0.3, -0.25) is 19.5 Å². The number of aromatic nitrogens is 2. The largest absolute Gasteiger partial charge is 0.393 e. The van der Waals surface area contributed by atoms with Crippen molar-refractivity contribution >= 4 is 5.91 Å². The first kappa shape index (κ1) is 14.5. The Morgan fingerprint density at radius 1 is 1.30 bits per heavy atom. The van der Waals surface area contributed by atoms with Crippen LogP contribution in [0.4, 0.5) is 0 Å². The van der Waals surface area contributed by atoms with Gasteiger partial charge in [-0.15, -0.1) is 0 Å². The normalized spacial score (nSPS) is 22.4. The van der Waals surface area contributed by atoms with E-state index >= 15 is 0 Å². The smallest absolute Gasteiger partial charge is 0.265 e. The van der Waals surface area contributed by atoms with Crippen LogP contribution in [0.2, 0.25) is 0 Å². The van der Waals surface area contributed by atoms with Crippen molar-refractivity contribution in [3.8, 4) is 0 Å². The molecule has 110 valence electrons. The lowest BCUT2D eigenvalue weighted by molar-refractivity contribution is -0.122. The molecule has 7 heteroatoms. The fourth-order valence-electron chi connectivity index (χ4n) is 2.39. The average molecular weight is 281 g/mol. The Labute approximate surface area is 115 Å².